The van der Waals surface area contributed by atoms with Gasteiger partial charge in [0, 0.05) is 12.6 Å². The second-order valence-corrected chi connectivity index (χ2v) is 3.25. The van der Waals surface area contributed by atoms with Crippen LogP contribution in [0.25, 0.3) is 0 Å². The first-order chi connectivity index (χ1) is 4.97. The van der Waals surface area contributed by atoms with Gasteiger partial charge in [0.1, 0.15) is 0 Å². The molecule has 1 N–H and O–H groups in total. The van der Waals surface area contributed by atoms with Crippen molar-refractivity contribution in [1.29, 1.82) is 0 Å². The molecule has 2 aliphatic heterocycles. The summed E-state index contributed by atoms with van der Waals surface area (Å²) in [5.41, 5.74) is 0. The molecular weight excluding hydrogens is 126 g/mol. The van der Waals surface area contributed by atoms with Gasteiger partial charge >= 0.3 is 0 Å². The van der Waals surface area contributed by atoms with Crippen LogP contribution in [-0.4, -0.2) is 25.3 Å². The van der Waals surface area contributed by atoms with Gasteiger partial charge in [-0.25, -0.2) is 0 Å². The van der Waals surface area contributed by atoms with Crippen LogP contribution in [0.5, 0.6) is 0 Å². The van der Waals surface area contributed by atoms with Crippen LogP contribution in [0.3, 0.4) is 0 Å². The molecule has 0 spiro atoms. The molecule has 10 heavy (non-hydrogen) atoms. The molecule has 0 radical (unpaired) electrons. The molecule has 0 aromatic carbocycles. The third-order valence-electron chi connectivity index (χ3n) is 2.53. The molecule has 0 aliphatic carbocycles. The highest BCUT2D eigenvalue weighted by molar-refractivity contribution is 4.86. The second-order valence-electron chi connectivity index (χ2n) is 3.25. The van der Waals surface area contributed by atoms with Crippen molar-refractivity contribution in [1.82, 2.24) is 5.32 Å². The Hall–Kier alpha value is -0.0800. The molecule has 0 aromatic rings. The molecule has 2 aliphatic rings. The quantitative estimate of drug-likeness (QED) is 0.586. The number of hydrogen-bond donors (Lipinski definition) is 1. The molecule has 0 amide bonds. The van der Waals surface area contributed by atoms with Crippen LogP contribution < -0.4 is 5.32 Å². The van der Waals surface area contributed by atoms with Crippen LogP contribution in [0.1, 0.15) is 25.7 Å². The molecule has 2 heterocycles. The smallest absolute Gasteiger partial charge is 0.0728 e. The average Bonchev–Trinajstić information content (AvgIpc) is 1.86. The van der Waals surface area contributed by atoms with Gasteiger partial charge in [0.25, 0.3) is 0 Å². The molecule has 2 atom stereocenters. The van der Waals surface area contributed by atoms with E-state index in [1.54, 1.807) is 0 Å². The summed E-state index contributed by atoms with van der Waals surface area (Å²) in [5, 5.41) is 3.39. The highest BCUT2D eigenvalue weighted by atomic mass is 16.5. The maximum absolute atomic E-state index is 5.62. The molecular formula is C8H15NO. The van der Waals surface area contributed by atoms with Gasteiger partial charge in [-0.3, -0.25) is 0 Å². The van der Waals surface area contributed by atoms with E-state index in [-0.39, 0.29) is 0 Å². The van der Waals surface area contributed by atoms with Crippen molar-refractivity contribution in [3.8, 4) is 0 Å². The molecule has 2 rings (SSSR count). The highest BCUT2D eigenvalue weighted by Gasteiger charge is 2.28. The Bertz CT molecular complexity index is 106. The van der Waals surface area contributed by atoms with Gasteiger partial charge in [0.2, 0.25) is 0 Å². The van der Waals surface area contributed by atoms with Gasteiger partial charge in [-0.2, -0.15) is 0 Å². The van der Waals surface area contributed by atoms with E-state index in [4.69, 9.17) is 4.74 Å². The summed E-state index contributed by atoms with van der Waals surface area (Å²) in [7, 11) is 0. The van der Waals surface area contributed by atoms with E-state index in [0.29, 0.717) is 12.1 Å². The van der Waals surface area contributed by atoms with Gasteiger partial charge < -0.3 is 10.1 Å². The summed E-state index contributed by atoms with van der Waals surface area (Å²) in [6, 6.07) is 0.695. The summed E-state index contributed by atoms with van der Waals surface area (Å²) in [6.45, 7) is 2.19. The van der Waals surface area contributed by atoms with Crippen LogP contribution in [-0.2, 0) is 4.74 Å². The minimum Gasteiger partial charge on any atom is -0.377 e. The third kappa shape index (κ3) is 1.18. The lowest BCUT2D eigenvalue weighted by Crippen LogP contribution is -2.52. The second kappa shape index (κ2) is 2.89. The van der Waals surface area contributed by atoms with Crippen LogP contribution in [0, 0.1) is 0 Å². The zero-order chi connectivity index (χ0) is 6.81. The normalized spacial score (nSPS) is 40.8. The molecule has 2 saturated heterocycles. The fourth-order valence-electron chi connectivity index (χ4n) is 1.71. The van der Waals surface area contributed by atoms with E-state index in [0.717, 1.165) is 6.61 Å². The SMILES string of the molecule is C1CCC(C2CCN2)OC1. The Morgan fingerprint density at radius 2 is 2.10 bits per heavy atom. The standard InChI is InChI=1S/C8H15NO/c1-2-6-10-8(3-1)7-4-5-9-7/h7-9H,1-6H2. The lowest BCUT2D eigenvalue weighted by molar-refractivity contribution is -0.0221. The van der Waals surface area contributed by atoms with Gasteiger partial charge in [-0.1, -0.05) is 0 Å². The molecule has 2 unspecified atom stereocenters. The zero-order valence-corrected chi connectivity index (χ0v) is 6.31. The predicted octanol–water partition coefficient (Wildman–Crippen LogP) is 0.917. The van der Waals surface area contributed by atoms with Crippen LogP contribution in [0.4, 0.5) is 0 Å². The van der Waals surface area contributed by atoms with Crippen molar-refractivity contribution in [3.63, 3.8) is 0 Å². The first-order valence-corrected chi connectivity index (χ1v) is 4.32. The zero-order valence-electron chi connectivity index (χ0n) is 6.31. The molecule has 2 heteroatoms. The number of hydrogen-bond acceptors (Lipinski definition) is 2. The molecule has 0 aromatic heterocycles. The van der Waals surface area contributed by atoms with E-state index in [1.807, 2.05) is 0 Å². The largest absolute Gasteiger partial charge is 0.377 e. The average molecular weight is 141 g/mol. The Kier molecular flexibility index (Phi) is 1.91. The van der Waals surface area contributed by atoms with Crippen molar-refractivity contribution in [2.45, 2.75) is 37.8 Å². The summed E-state index contributed by atoms with van der Waals surface area (Å²) in [6.07, 6.45) is 5.77. The first kappa shape index (κ1) is 6.62. The highest BCUT2D eigenvalue weighted by Crippen LogP contribution is 2.20. The Labute approximate surface area is 61.9 Å². The van der Waals surface area contributed by atoms with Crippen molar-refractivity contribution in [2.75, 3.05) is 13.2 Å². The van der Waals surface area contributed by atoms with E-state index < -0.39 is 0 Å². The maximum Gasteiger partial charge on any atom is 0.0728 e. The Balaban J connectivity index is 1.78. The first-order valence-electron chi connectivity index (χ1n) is 4.32. The fourth-order valence-corrected chi connectivity index (χ4v) is 1.71. The maximum atomic E-state index is 5.62. The summed E-state index contributed by atoms with van der Waals surface area (Å²) in [5.74, 6) is 0. The lowest BCUT2D eigenvalue weighted by Gasteiger charge is -2.37. The molecule has 2 fully saturated rings. The fraction of sp³-hybridized carbons (Fsp3) is 1.00. The van der Waals surface area contributed by atoms with Crippen molar-refractivity contribution in [3.05, 3.63) is 0 Å². The Morgan fingerprint density at radius 3 is 2.60 bits per heavy atom. The summed E-state index contributed by atoms with van der Waals surface area (Å²) in [4.78, 5) is 0. The van der Waals surface area contributed by atoms with Crippen LogP contribution >= 0.6 is 0 Å². The van der Waals surface area contributed by atoms with Gasteiger partial charge in [-0.05, 0) is 32.2 Å². The number of rotatable bonds is 1. The summed E-state index contributed by atoms with van der Waals surface area (Å²) < 4.78 is 5.62. The van der Waals surface area contributed by atoms with Crippen LogP contribution in [0.2, 0.25) is 0 Å². The van der Waals surface area contributed by atoms with Crippen LogP contribution in [0.15, 0.2) is 0 Å². The van der Waals surface area contributed by atoms with Crippen molar-refractivity contribution in [2.24, 2.45) is 0 Å². The minimum absolute atomic E-state index is 0.544. The van der Waals surface area contributed by atoms with Gasteiger partial charge in [-0.15, -0.1) is 0 Å². The Morgan fingerprint density at radius 1 is 1.20 bits per heavy atom. The molecule has 0 saturated carbocycles. The predicted molar refractivity (Wildman–Crippen MR) is 40.0 cm³/mol. The van der Waals surface area contributed by atoms with E-state index in [1.165, 1.54) is 32.2 Å². The number of nitrogens with one attached hydrogen (secondary N) is 1. The van der Waals surface area contributed by atoms with E-state index >= 15 is 0 Å². The summed E-state index contributed by atoms with van der Waals surface area (Å²) >= 11 is 0. The molecule has 58 valence electrons. The lowest BCUT2D eigenvalue weighted by atomic mass is 9.95. The van der Waals surface area contributed by atoms with Crippen molar-refractivity contribution >= 4 is 0 Å². The number of ether oxygens (including phenoxy) is 1. The topological polar surface area (TPSA) is 21.3 Å². The van der Waals surface area contributed by atoms with Gasteiger partial charge in [0.05, 0.1) is 6.10 Å². The molecule has 0 bridgehead atoms. The van der Waals surface area contributed by atoms with Crippen molar-refractivity contribution < 1.29 is 4.74 Å². The van der Waals surface area contributed by atoms with Gasteiger partial charge in [0.15, 0.2) is 0 Å². The van der Waals surface area contributed by atoms with E-state index in [2.05, 4.69) is 5.32 Å². The third-order valence-corrected chi connectivity index (χ3v) is 2.53. The molecule has 2 nitrogen and oxygen atoms in total. The minimum atomic E-state index is 0.544. The monoisotopic (exact) mass is 141 g/mol. The van der Waals surface area contributed by atoms with E-state index in [9.17, 15) is 0 Å².